The van der Waals surface area contributed by atoms with E-state index < -0.39 is 17.4 Å². The SMILES string of the molecule is Cc1cccc(-c2cncc(C(=O)NC3(C(=O)O)CCOC3)c2)c1. The average Bonchev–Trinajstić information content (AvgIpc) is 3.05. The van der Waals surface area contributed by atoms with Gasteiger partial charge in [-0.05, 0) is 18.6 Å². The number of carbonyl (C=O) groups excluding carboxylic acids is 1. The second-order valence-electron chi connectivity index (χ2n) is 5.98. The van der Waals surface area contributed by atoms with Gasteiger partial charge in [0.2, 0.25) is 0 Å². The fourth-order valence-electron chi connectivity index (χ4n) is 2.72. The van der Waals surface area contributed by atoms with Crippen molar-refractivity contribution in [1.29, 1.82) is 0 Å². The van der Waals surface area contributed by atoms with Crippen molar-refractivity contribution in [3.8, 4) is 11.1 Å². The Morgan fingerprint density at radius 2 is 2.08 bits per heavy atom. The standard InChI is InChI=1S/C18H18N2O4/c1-12-3-2-4-13(7-12)14-8-15(10-19-9-14)16(21)20-18(17(22)23)5-6-24-11-18/h2-4,7-10H,5-6,11H2,1H3,(H,20,21)(H,22,23). The molecule has 3 rings (SSSR count). The first kappa shape index (κ1) is 16.1. The number of aryl methyl sites for hydroxylation is 1. The van der Waals surface area contributed by atoms with Crippen LogP contribution in [0.2, 0.25) is 0 Å². The third kappa shape index (κ3) is 3.14. The Hall–Kier alpha value is -2.73. The summed E-state index contributed by atoms with van der Waals surface area (Å²) < 4.78 is 5.15. The Labute approximate surface area is 139 Å². The van der Waals surface area contributed by atoms with E-state index in [4.69, 9.17) is 4.74 Å². The van der Waals surface area contributed by atoms with Crippen molar-refractivity contribution in [2.24, 2.45) is 0 Å². The van der Waals surface area contributed by atoms with Gasteiger partial charge in [-0.25, -0.2) is 4.79 Å². The summed E-state index contributed by atoms with van der Waals surface area (Å²) in [6.45, 7) is 2.28. The summed E-state index contributed by atoms with van der Waals surface area (Å²) in [4.78, 5) is 28.1. The minimum absolute atomic E-state index is 0.0287. The molecule has 0 aliphatic carbocycles. The number of nitrogens with zero attached hydrogens (tertiary/aromatic N) is 1. The number of amides is 1. The van der Waals surface area contributed by atoms with Crippen molar-refractivity contribution in [2.75, 3.05) is 13.2 Å². The Morgan fingerprint density at radius 1 is 1.25 bits per heavy atom. The predicted octanol–water partition coefficient (Wildman–Crippen LogP) is 2.03. The molecule has 6 nitrogen and oxygen atoms in total. The number of carboxylic acid groups (broad SMARTS) is 1. The third-order valence-corrected chi connectivity index (χ3v) is 4.14. The highest BCUT2D eigenvalue weighted by Crippen LogP contribution is 2.22. The molecule has 0 spiro atoms. The molecule has 1 saturated heterocycles. The van der Waals surface area contributed by atoms with E-state index in [1.807, 2.05) is 31.2 Å². The minimum Gasteiger partial charge on any atom is -0.479 e. The maximum absolute atomic E-state index is 12.5. The highest BCUT2D eigenvalue weighted by atomic mass is 16.5. The van der Waals surface area contributed by atoms with E-state index >= 15 is 0 Å². The normalized spacial score (nSPS) is 19.9. The lowest BCUT2D eigenvalue weighted by molar-refractivity contribution is -0.144. The second kappa shape index (κ2) is 6.41. The molecule has 1 atom stereocenters. The number of ether oxygens (including phenoxy) is 1. The molecule has 2 heterocycles. The molecule has 0 radical (unpaired) electrons. The highest BCUT2D eigenvalue weighted by Gasteiger charge is 2.44. The van der Waals surface area contributed by atoms with Gasteiger partial charge < -0.3 is 15.2 Å². The number of aromatic nitrogens is 1. The first-order valence-corrected chi connectivity index (χ1v) is 7.66. The molecule has 0 saturated carbocycles. The van der Waals surface area contributed by atoms with E-state index in [2.05, 4.69) is 10.3 Å². The first-order chi connectivity index (χ1) is 11.5. The number of nitrogens with one attached hydrogen (secondary N) is 1. The van der Waals surface area contributed by atoms with Crippen molar-refractivity contribution in [2.45, 2.75) is 18.9 Å². The number of aliphatic carboxylic acids is 1. The Balaban J connectivity index is 1.86. The summed E-state index contributed by atoms with van der Waals surface area (Å²) in [6.07, 6.45) is 3.36. The number of hydrogen-bond donors (Lipinski definition) is 2. The average molecular weight is 326 g/mol. The molecule has 2 aromatic rings. The molecule has 1 aromatic carbocycles. The van der Waals surface area contributed by atoms with Gasteiger partial charge in [-0.3, -0.25) is 9.78 Å². The zero-order valence-electron chi connectivity index (χ0n) is 13.3. The smallest absolute Gasteiger partial charge is 0.331 e. The summed E-state index contributed by atoms with van der Waals surface area (Å²) >= 11 is 0. The molecule has 1 aliphatic rings. The summed E-state index contributed by atoms with van der Waals surface area (Å²) in [5.74, 6) is -1.55. The maximum Gasteiger partial charge on any atom is 0.331 e. The Kier molecular flexibility index (Phi) is 4.31. The number of carboxylic acids is 1. The van der Waals surface area contributed by atoms with Gasteiger partial charge in [-0.2, -0.15) is 0 Å². The molecule has 1 aliphatic heterocycles. The van der Waals surface area contributed by atoms with Gasteiger partial charge in [0.1, 0.15) is 0 Å². The molecule has 0 bridgehead atoms. The van der Waals surface area contributed by atoms with Crippen LogP contribution in [0, 0.1) is 6.92 Å². The summed E-state index contributed by atoms with van der Waals surface area (Å²) in [7, 11) is 0. The van der Waals surface area contributed by atoms with E-state index in [9.17, 15) is 14.7 Å². The minimum atomic E-state index is -1.36. The zero-order chi connectivity index (χ0) is 17.2. The van der Waals surface area contributed by atoms with Crippen molar-refractivity contribution in [3.05, 3.63) is 53.9 Å². The zero-order valence-corrected chi connectivity index (χ0v) is 13.3. The van der Waals surface area contributed by atoms with E-state index in [1.54, 1.807) is 12.3 Å². The van der Waals surface area contributed by atoms with E-state index in [1.165, 1.54) is 6.20 Å². The number of pyridine rings is 1. The quantitative estimate of drug-likeness (QED) is 0.897. The van der Waals surface area contributed by atoms with Crippen LogP contribution in [0.15, 0.2) is 42.7 Å². The molecule has 2 N–H and O–H groups in total. The first-order valence-electron chi connectivity index (χ1n) is 7.66. The van der Waals surface area contributed by atoms with Crippen LogP contribution in [0.25, 0.3) is 11.1 Å². The molecule has 1 unspecified atom stereocenters. The number of rotatable bonds is 4. The molecule has 1 amide bonds. The monoisotopic (exact) mass is 326 g/mol. The van der Waals surface area contributed by atoms with Crippen LogP contribution in [0.1, 0.15) is 22.3 Å². The van der Waals surface area contributed by atoms with Gasteiger partial charge in [0, 0.05) is 31.0 Å². The molecule has 6 heteroatoms. The van der Waals surface area contributed by atoms with Crippen LogP contribution in [0.3, 0.4) is 0 Å². The van der Waals surface area contributed by atoms with E-state index in [0.717, 1.165) is 16.7 Å². The molecule has 124 valence electrons. The fraction of sp³-hybridized carbons (Fsp3) is 0.278. The van der Waals surface area contributed by atoms with Crippen molar-refractivity contribution >= 4 is 11.9 Å². The largest absolute Gasteiger partial charge is 0.479 e. The van der Waals surface area contributed by atoms with Crippen molar-refractivity contribution < 1.29 is 19.4 Å². The molecular formula is C18H18N2O4. The van der Waals surface area contributed by atoms with E-state index in [0.29, 0.717) is 12.2 Å². The second-order valence-corrected chi connectivity index (χ2v) is 5.98. The maximum atomic E-state index is 12.5. The summed E-state index contributed by atoms with van der Waals surface area (Å²) in [5, 5.41) is 12.0. The Bertz CT molecular complexity index is 782. The molecule has 1 aromatic heterocycles. The highest BCUT2D eigenvalue weighted by molar-refractivity contribution is 5.98. The lowest BCUT2D eigenvalue weighted by Gasteiger charge is -2.23. The van der Waals surface area contributed by atoms with Crippen molar-refractivity contribution in [1.82, 2.24) is 10.3 Å². The predicted molar refractivity (Wildman–Crippen MR) is 87.7 cm³/mol. The lowest BCUT2D eigenvalue weighted by Crippen LogP contribution is -2.55. The van der Waals surface area contributed by atoms with Gasteiger partial charge in [-0.1, -0.05) is 29.8 Å². The van der Waals surface area contributed by atoms with Crippen LogP contribution in [0.4, 0.5) is 0 Å². The van der Waals surface area contributed by atoms with Gasteiger partial charge >= 0.3 is 5.97 Å². The van der Waals surface area contributed by atoms with Gasteiger partial charge in [-0.15, -0.1) is 0 Å². The van der Waals surface area contributed by atoms with Gasteiger partial charge in [0.15, 0.2) is 5.54 Å². The molecular weight excluding hydrogens is 308 g/mol. The van der Waals surface area contributed by atoms with Crippen LogP contribution < -0.4 is 5.32 Å². The fourth-order valence-corrected chi connectivity index (χ4v) is 2.72. The number of hydrogen-bond acceptors (Lipinski definition) is 4. The van der Waals surface area contributed by atoms with E-state index in [-0.39, 0.29) is 13.0 Å². The Morgan fingerprint density at radius 3 is 2.75 bits per heavy atom. The van der Waals surface area contributed by atoms with Gasteiger partial charge in [0.25, 0.3) is 5.91 Å². The lowest BCUT2D eigenvalue weighted by atomic mass is 9.98. The van der Waals surface area contributed by atoms with Crippen LogP contribution in [-0.2, 0) is 9.53 Å². The number of benzene rings is 1. The molecule has 1 fully saturated rings. The summed E-state index contributed by atoms with van der Waals surface area (Å²) in [6, 6.07) is 9.58. The van der Waals surface area contributed by atoms with Crippen LogP contribution in [-0.4, -0.2) is 40.7 Å². The van der Waals surface area contributed by atoms with Crippen molar-refractivity contribution in [3.63, 3.8) is 0 Å². The molecule has 24 heavy (non-hydrogen) atoms. The third-order valence-electron chi connectivity index (χ3n) is 4.14. The van der Waals surface area contributed by atoms with Crippen LogP contribution in [0.5, 0.6) is 0 Å². The number of carbonyl (C=O) groups is 2. The summed E-state index contributed by atoms with van der Waals surface area (Å²) in [5.41, 5.74) is 1.82. The van der Waals surface area contributed by atoms with Crippen LogP contribution >= 0.6 is 0 Å². The van der Waals surface area contributed by atoms with Gasteiger partial charge in [0.05, 0.1) is 12.2 Å². The topological polar surface area (TPSA) is 88.5 Å².